The molecule has 2 heterocycles. The average Bonchev–Trinajstić information content (AvgIpc) is 2.53. The van der Waals surface area contributed by atoms with Crippen LogP contribution in [0.25, 0.3) is 5.76 Å². The number of piperidine rings is 1. The number of allylic oxidation sites excluding steroid dienone is 1. The Labute approximate surface area is 139 Å². The molecule has 0 saturated carbocycles. The van der Waals surface area contributed by atoms with Crippen LogP contribution in [0.5, 0.6) is 0 Å². The van der Waals surface area contributed by atoms with Crippen molar-refractivity contribution in [3.63, 3.8) is 0 Å². The SMILES string of the molecule is Cl.O=C1C(=O)c2ccccc2C2=C1SCC1(CCNCC1)O2. The van der Waals surface area contributed by atoms with Crippen molar-refractivity contribution in [3.05, 3.63) is 40.3 Å². The van der Waals surface area contributed by atoms with E-state index < -0.39 is 11.6 Å². The van der Waals surface area contributed by atoms with Crippen LogP contribution in [0, 0.1) is 0 Å². The quantitative estimate of drug-likeness (QED) is 0.737. The highest BCUT2D eigenvalue weighted by molar-refractivity contribution is 8.04. The van der Waals surface area contributed by atoms with E-state index in [-0.39, 0.29) is 18.0 Å². The van der Waals surface area contributed by atoms with Crippen molar-refractivity contribution in [2.75, 3.05) is 18.8 Å². The molecule has 1 spiro atoms. The Bertz CT molecular complexity index is 680. The van der Waals surface area contributed by atoms with E-state index in [1.165, 1.54) is 11.8 Å². The van der Waals surface area contributed by atoms with E-state index in [4.69, 9.17) is 4.74 Å². The summed E-state index contributed by atoms with van der Waals surface area (Å²) < 4.78 is 6.31. The highest BCUT2D eigenvalue weighted by Gasteiger charge is 2.44. The van der Waals surface area contributed by atoms with E-state index in [1.54, 1.807) is 12.1 Å². The molecule has 1 aromatic rings. The number of Topliss-reactive ketones (excluding diaryl/α,β-unsaturated/α-hetero) is 2. The maximum absolute atomic E-state index is 12.3. The Balaban J connectivity index is 0.00000144. The fraction of sp³-hybridized carbons (Fsp3) is 0.375. The van der Waals surface area contributed by atoms with Crippen LogP contribution in [0.3, 0.4) is 0 Å². The molecule has 0 radical (unpaired) electrons. The molecule has 2 aliphatic heterocycles. The minimum absolute atomic E-state index is 0. The van der Waals surface area contributed by atoms with Gasteiger partial charge in [0.15, 0.2) is 0 Å². The Hall–Kier alpha value is -1.30. The Morgan fingerprint density at radius 1 is 1.05 bits per heavy atom. The smallest absolute Gasteiger partial charge is 0.243 e. The summed E-state index contributed by atoms with van der Waals surface area (Å²) in [5, 5.41) is 3.34. The number of hydrogen-bond donors (Lipinski definition) is 1. The summed E-state index contributed by atoms with van der Waals surface area (Å²) in [6.07, 6.45) is 1.86. The van der Waals surface area contributed by atoms with Crippen molar-refractivity contribution in [2.24, 2.45) is 0 Å². The molecule has 4 rings (SSSR count). The molecule has 22 heavy (non-hydrogen) atoms. The standard InChI is InChI=1S/C16H15NO3S.ClH/c18-12-10-3-1-2-4-11(10)14-15(13(12)19)21-9-16(20-14)5-7-17-8-6-16;/h1-4,17H,5-9H2;1H. The molecule has 0 aromatic heterocycles. The number of nitrogens with one attached hydrogen (secondary N) is 1. The summed E-state index contributed by atoms with van der Waals surface area (Å²) in [5.74, 6) is 0.530. The minimum Gasteiger partial charge on any atom is -0.484 e. The highest BCUT2D eigenvalue weighted by Crippen LogP contribution is 2.46. The van der Waals surface area contributed by atoms with Crippen LogP contribution in [0.15, 0.2) is 29.2 Å². The van der Waals surface area contributed by atoms with Gasteiger partial charge in [-0.05, 0) is 13.1 Å². The third-order valence-corrected chi connectivity index (χ3v) is 5.68. The number of carbonyl (C=O) groups excluding carboxylic acids is 2. The lowest BCUT2D eigenvalue weighted by atomic mass is 9.90. The number of halogens is 1. The van der Waals surface area contributed by atoms with Crippen molar-refractivity contribution < 1.29 is 14.3 Å². The predicted molar refractivity (Wildman–Crippen MR) is 88.3 cm³/mol. The number of carbonyl (C=O) groups is 2. The van der Waals surface area contributed by atoms with Gasteiger partial charge in [-0.25, -0.2) is 0 Å². The number of hydrogen-bond acceptors (Lipinski definition) is 5. The number of fused-ring (bicyclic) bond motifs is 2. The Kier molecular flexibility index (Phi) is 4.05. The monoisotopic (exact) mass is 337 g/mol. The molecule has 1 saturated heterocycles. The maximum Gasteiger partial charge on any atom is 0.243 e. The van der Waals surface area contributed by atoms with Crippen molar-refractivity contribution in [2.45, 2.75) is 18.4 Å². The Morgan fingerprint density at radius 2 is 1.73 bits per heavy atom. The van der Waals surface area contributed by atoms with E-state index in [0.717, 1.165) is 37.2 Å². The third kappa shape index (κ3) is 2.28. The van der Waals surface area contributed by atoms with Gasteiger partial charge in [-0.1, -0.05) is 24.3 Å². The summed E-state index contributed by atoms with van der Waals surface area (Å²) >= 11 is 1.48. The summed E-state index contributed by atoms with van der Waals surface area (Å²) in [5.41, 5.74) is 1.03. The first-order valence-electron chi connectivity index (χ1n) is 7.15. The van der Waals surface area contributed by atoms with Gasteiger partial charge in [0.05, 0.1) is 0 Å². The molecule has 116 valence electrons. The fourth-order valence-corrected chi connectivity index (χ4v) is 4.40. The minimum atomic E-state index is -0.419. The number of ketones is 2. The van der Waals surface area contributed by atoms with Gasteiger partial charge in [0, 0.05) is 29.7 Å². The molecular formula is C16H16ClNO3S. The average molecular weight is 338 g/mol. The van der Waals surface area contributed by atoms with Gasteiger partial charge in [0.2, 0.25) is 11.6 Å². The lowest BCUT2D eigenvalue weighted by Gasteiger charge is -2.42. The number of ether oxygens (including phenoxy) is 1. The fourth-order valence-electron chi connectivity index (χ4n) is 3.14. The molecule has 1 N–H and O–H groups in total. The second-order valence-corrected chi connectivity index (χ2v) is 6.67. The molecule has 0 atom stereocenters. The lowest BCUT2D eigenvalue weighted by Crippen LogP contribution is -2.48. The summed E-state index contributed by atoms with van der Waals surface area (Å²) in [7, 11) is 0. The zero-order chi connectivity index (χ0) is 14.4. The second kappa shape index (κ2) is 5.72. The molecule has 1 fully saturated rings. The number of thioether (sulfide) groups is 1. The lowest BCUT2D eigenvalue weighted by molar-refractivity contribution is -0.111. The van der Waals surface area contributed by atoms with E-state index >= 15 is 0 Å². The van der Waals surface area contributed by atoms with Gasteiger partial charge in [0.25, 0.3) is 0 Å². The molecule has 3 aliphatic rings. The van der Waals surface area contributed by atoms with Crippen LogP contribution in [0.1, 0.15) is 28.8 Å². The van der Waals surface area contributed by atoms with E-state index in [2.05, 4.69) is 5.32 Å². The summed E-state index contributed by atoms with van der Waals surface area (Å²) in [4.78, 5) is 24.9. The Morgan fingerprint density at radius 3 is 2.45 bits per heavy atom. The molecule has 4 nitrogen and oxygen atoms in total. The first-order chi connectivity index (χ1) is 10.2. The van der Waals surface area contributed by atoms with Crippen molar-refractivity contribution in [1.82, 2.24) is 5.32 Å². The normalized spacial score (nSPS) is 22.5. The molecule has 1 aliphatic carbocycles. The topological polar surface area (TPSA) is 55.4 Å². The predicted octanol–water partition coefficient (Wildman–Crippen LogP) is 2.43. The van der Waals surface area contributed by atoms with Crippen molar-refractivity contribution >= 4 is 41.5 Å². The maximum atomic E-state index is 12.3. The van der Waals surface area contributed by atoms with Gasteiger partial charge in [-0.3, -0.25) is 9.59 Å². The molecular weight excluding hydrogens is 322 g/mol. The van der Waals surface area contributed by atoms with Gasteiger partial charge < -0.3 is 10.1 Å². The van der Waals surface area contributed by atoms with Gasteiger partial charge in [-0.15, -0.1) is 24.2 Å². The van der Waals surface area contributed by atoms with Crippen molar-refractivity contribution in [3.8, 4) is 0 Å². The molecule has 0 unspecified atom stereocenters. The second-order valence-electron chi connectivity index (χ2n) is 5.69. The number of rotatable bonds is 0. The summed E-state index contributed by atoms with van der Waals surface area (Å²) in [6, 6.07) is 7.24. The van der Waals surface area contributed by atoms with Crippen LogP contribution in [0.2, 0.25) is 0 Å². The first kappa shape index (κ1) is 15.6. The van der Waals surface area contributed by atoms with Gasteiger partial charge >= 0.3 is 0 Å². The van der Waals surface area contributed by atoms with E-state index in [1.807, 2.05) is 12.1 Å². The van der Waals surface area contributed by atoms with Crippen LogP contribution >= 0.6 is 24.2 Å². The third-order valence-electron chi connectivity index (χ3n) is 4.35. The van der Waals surface area contributed by atoms with Crippen LogP contribution in [-0.4, -0.2) is 36.0 Å². The van der Waals surface area contributed by atoms with Gasteiger partial charge in [0.1, 0.15) is 16.3 Å². The zero-order valence-electron chi connectivity index (χ0n) is 11.9. The van der Waals surface area contributed by atoms with Crippen LogP contribution < -0.4 is 5.32 Å². The first-order valence-corrected chi connectivity index (χ1v) is 8.14. The molecule has 1 aromatic carbocycles. The van der Waals surface area contributed by atoms with E-state index in [9.17, 15) is 9.59 Å². The largest absolute Gasteiger partial charge is 0.484 e. The van der Waals surface area contributed by atoms with E-state index in [0.29, 0.717) is 16.2 Å². The van der Waals surface area contributed by atoms with Crippen LogP contribution in [-0.2, 0) is 9.53 Å². The summed E-state index contributed by atoms with van der Waals surface area (Å²) in [6.45, 7) is 1.86. The molecule has 0 bridgehead atoms. The number of benzene rings is 1. The van der Waals surface area contributed by atoms with Crippen molar-refractivity contribution in [1.29, 1.82) is 0 Å². The van der Waals surface area contributed by atoms with Gasteiger partial charge in [-0.2, -0.15) is 0 Å². The van der Waals surface area contributed by atoms with Crippen LogP contribution in [0.4, 0.5) is 0 Å². The molecule has 0 amide bonds. The molecule has 6 heteroatoms. The highest BCUT2D eigenvalue weighted by atomic mass is 35.5. The zero-order valence-corrected chi connectivity index (χ0v) is 13.5.